The van der Waals surface area contributed by atoms with E-state index in [-0.39, 0.29) is 12.5 Å². The van der Waals surface area contributed by atoms with Crippen molar-refractivity contribution in [2.24, 2.45) is 11.5 Å². The molecule has 2 aromatic rings. The van der Waals surface area contributed by atoms with E-state index in [1.165, 1.54) is 0 Å². The standard InChI is InChI=1S/C14H18N4O/c1-2-18(9-13(16)19)14-7-10(8-15)11-5-3-4-6-12(11)17-14/h3-7H,2,8-9,15H2,1H3,(H2,16,19). The summed E-state index contributed by atoms with van der Waals surface area (Å²) in [6, 6.07) is 9.76. The van der Waals surface area contributed by atoms with E-state index >= 15 is 0 Å². The molecular weight excluding hydrogens is 240 g/mol. The molecule has 4 N–H and O–H groups in total. The normalized spacial score (nSPS) is 10.6. The van der Waals surface area contributed by atoms with E-state index in [2.05, 4.69) is 4.98 Å². The molecule has 0 fully saturated rings. The van der Waals surface area contributed by atoms with Gasteiger partial charge < -0.3 is 16.4 Å². The van der Waals surface area contributed by atoms with Crippen molar-refractivity contribution in [1.29, 1.82) is 0 Å². The average molecular weight is 258 g/mol. The third-order valence-corrected chi connectivity index (χ3v) is 3.06. The number of pyridine rings is 1. The SMILES string of the molecule is CCN(CC(N)=O)c1cc(CN)c2ccccc2n1. The quantitative estimate of drug-likeness (QED) is 0.838. The molecule has 0 saturated heterocycles. The number of carbonyl (C=O) groups is 1. The lowest BCUT2D eigenvalue weighted by atomic mass is 10.1. The minimum absolute atomic E-state index is 0.159. The fourth-order valence-electron chi connectivity index (χ4n) is 2.11. The fourth-order valence-corrected chi connectivity index (χ4v) is 2.11. The number of para-hydroxylation sites is 1. The Kier molecular flexibility index (Phi) is 3.97. The van der Waals surface area contributed by atoms with Gasteiger partial charge in [-0.2, -0.15) is 0 Å². The first-order valence-corrected chi connectivity index (χ1v) is 6.27. The van der Waals surface area contributed by atoms with Gasteiger partial charge in [-0.15, -0.1) is 0 Å². The van der Waals surface area contributed by atoms with Gasteiger partial charge in [-0.3, -0.25) is 4.79 Å². The molecule has 100 valence electrons. The van der Waals surface area contributed by atoms with Gasteiger partial charge in [0.2, 0.25) is 5.91 Å². The monoisotopic (exact) mass is 258 g/mol. The van der Waals surface area contributed by atoms with E-state index in [1.807, 2.05) is 42.2 Å². The molecule has 0 radical (unpaired) electrons. The minimum atomic E-state index is -0.369. The Bertz CT molecular complexity index is 597. The molecule has 0 aliphatic rings. The topological polar surface area (TPSA) is 85.2 Å². The fraction of sp³-hybridized carbons (Fsp3) is 0.286. The number of carbonyl (C=O) groups excluding carboxylic acids is 1. The summed E-state index contributed by atoms with van der Waals surface area (Å²) in [5.41, 5.74) is 12.9. The van der Waals surface area contributed by atoms with Gasteiger partial charge in [0.05, 0.1) is 12.1 Å². The van der Waals surface area contributed by atoms with Crippen LogP contribution < -0.4 is 16.4 Å². The zero-order valence-corrected chi connectivity index (χ0v) is 11.0. The predicted molar refractivity (Wildman–Crippen MR) is 76.7 cm³/mol. The highest BCUT2D eigenvalue weighted by atomic mass is 16.1. The van der Waals surface area contributed by atoms with E-state index in [9.17, 15) is 4.79 Å². The smallest absolute Gasteiger partial charge is 0.236 e. The summed E-state index contributed by atoms with van der Waals surface area (Å²) in [5.74, 6) is 0.367. The molecule has 0 unspecified atom stereocenters. The summed E-state index contributed by atoms with van der Waals surface area (Å²) in [7, 11) is 0. The number of nitrogens with zero attached hydrogens (tertiary/aromatic N) is 2. The highest BCUT2D eigenvalue weighted by Crippen LogP contribution is 2.22. The number of likely N-dealkylation sites (N-methyl/N-ethyl adjacent to an activating group) is 1. The predicted octanol–water partition coefficient (Wildman–Crippen LogP) is 1.01. The van der Waals surface area contributed by atoms with E-state index in [1.54, 1.807) is 0 Å². The minimum Gasteiger partial charge on any atom is -0.368 e. The van der Waals surface area contributed by atoms with Crippen LogP contribution in [0.1, 0.15) is 12.5 Å². The van der Waals surface area contributed by atoms with Crippen LogP contribution in [0.3, 0.4) is 0 Å². The first-order valence-electron chi connectivity index (χ1n) is 6.27. The van der Waals surface area contributed by atoms with Crippen molar-refractivity contribution in [2.45, 2.75) is 13.5 Å². The second-order valence-electron chi connectivity index (χ2n) is 4.34. The van der Waals surface area contributed by atoms with Crippen molar-refractivity contribution in [3.05, 3.63) is 35.9 Å². The van der Waals surface area contributed by atoms with E-state index < -0.39 is 0 Å². The summed E-state index contributed by atoms with van der Waals surface area (Å²) >= 11 is 0. The number of aromatic nitrogens is 1. The average Bonchev–Trinajstić information content (AvgIpc) is 2.43. The number of hydrogen-bond acceptors (Lipinski definition) is 4. The van der Waals surface area contributed by atoms with Crippen molar-refractivity contribution in [1.82, 2.24) is 4.98 Å². The van der Waals surface area contributed by atoms with Crippen molar-refractivity contribution in [3.8, 4) is 0 Å². The number of primary amides is 1. The van der Waals surface area contributed by atoms with Crippen LogP contribution in [-0.4, -0.2) is 24.0 Å². The van der Waals surface area contributed by atoms with Crippen molar-refractivity contribution >= 4 is 22.6 Å². The maximum Gasteiger partial charge on any atom is 0.236 e. The number of hydrogen-bond donors (Lipinski definition) is 2. The Balaban J connectivity index is 2.51. The summed E-state index contributed by atoms with van der Waals surface area (Å²) in [4.78, 5) is 17.5. The Morgan fingerprint density at radius 1 is 1.37 bits per heavy atom. The van der Waals surface area contributed by atoms with Crippen LogP contribution in [-0.2, 0) is 11.3 Å². The van der Waals surface area contributed by atoms with Gasteiger partial charge in [-0.05, 0) is 24.6 Å². The van der Waals surface area contributed by atoms with Crippen LogP contribution >= 0.6 is 0 Å². The molecule has 0 spiro atoms. The number of amides is 1. The molecule has 1 aromatic heterocycles. The zero-order valence-electron chi connectivity index (χ0n) is 11.0. The Hall–Kier alpha value is -2.14. The maximum absolute atomic E-state index is 11.1. The molecule has 0 aliphatic heterocycles. The first-order chi connectivity index (χ1) is 9.15. The summed E-state index contributed by atoms with van der Waals surface area (Å²) in [6.07, 6.45) is 0. The lowest BCUT2D eigenvalue weighted by molar-refractivity contribution is -0.116. The highest BCUT2D eigenvalue weighted by molar-refractivity contribution is 5.85. The second kappa shape index (κ2) is 5.67. The molecule has 1 heterocycles. The number of fused-ring (bicyclic) bond motifs is 1. The van der Waals surface area contributed by atoms with Crippen LogP contribution in [0.5, 0.6) is 0 Å². The van der Waals surface area contributed by atoms with Gasteiger partial charge >= 0.3 is 0 Å². The van der Waals surface area contributed by atoms with Gasteiger partial charge in [0.25, 0.3) is 0 Å². The van der Waals surface area contributed by atoms with Crippen LogP contribution in [0, 0.1) is 0 Å². The summed E-state index contributed by atoms with van der Waals surface area (Å²) in [5, 5.41) is 1.05. The Morgan fingerprint density at radius 2 is 2.11 bits per heavy atom. The molecule has 0 saturated carbocycles. The third kappa shape index (κ3) is 2.82. The van der Waals surface area contributed by atoms with Crippen LogP contribution in [0.4, 0.5) is 5.82 Å². The number of rotatable bonds is 5. The lowest BCUT2D eigenvalue weighted by Gasteiger charge is -2.21. The van der Waals surface area contributed by atoms with Gasteiger partial charge in [0, 0.05) is 18.5 Å². The van der Waals surface area contributed by atoms with E-state index in [0.717, 1.165) is 22.3 Å². The lowest BCUT2D eigenvalue weighted by Crippen LogP contribution is -2.34. The zero-order chi connectivity index (χ0) is 13.8. The van der Waals surface area contributed by atoms with Crippen LogP contribution in [0.25, 0.3) is 10.9 Å². The molecule has 5 nitrogen and oxygen atoms in total. The molecule has 19 heavy (non-hydrogen) atoms. The maximum atomic E-state index is 11.1. The molecule has 0 aliphatic carbocycles. The van der Waals surface area contributed by atoms with Gasteiger partial charge in [-0.1, -0.05) is 18.2 Å². The van der Waals surface area contributed by atoms with Crippen LogP contribution in [0.15, 0.2) is 30.3 Å². The number of benzene rings is 1. The molecule has 1 aromatic carbocycles. The molecule has 0 atom stereocenters. The molecule has 1 amide bonds. The summed E-state index contributed by atoms with van der Waals surface area (Å²) < 4.78 is 0. The van der Waals surface area contributed by atoms with E-state index in [4.69, 9.17) is 11.5 Å². The third-order valence-electron chi connectivity index (χ3n) is 3.06. The highest BCUT2D eigenvalue weighted by Gasteiger charge is 2.11. The summed E-state index contributed by atoms with van der Waals surface area (Å²) in [6.45, 7) is 3.22. The number of anilines is 1. The van der Waals surface area contributed by atoms with Crippen molar-refractivity contribution in [2.75, 3.05) is 18.0 Å². The van der Waals surface area contributed by atoms with Crippen molar-refractivity contribution in [3.63, 3.8) is 0 Å². The first kappa shape index (κ1) is 13.3. The van der Waals surface area contributed by atoms with Gasteiger partial charge in [0.15, 0.2) is 0 Å². The van der Waals surface area contributed by atoms with Gasteiger partial charge in [0.1, 0.15) is 5.82 Å². The molecule has 2 rings (SSSR count). The Labute approximate surface area is 112 Å². The van der Waals surface area contributed by atoms with Gasteiger partial charge in [-0.25, -0.2) is 4.98 Å². The number of nitrogens with two attached hydrogens (primary N) is 2. The largest absolute Gasteiger partial charge is 0.368 e. The van der Waals surface area contributed by atoms with Crippen LogP contribution in [0.2, 0.25) is 0 Å². The molecule has 0 bridgehead atoms. The molecule has 5 heteroatoms. The Morgan fingerprint density at radius 3 is 2.74 bits per heavy atom. The second-order valence-corrected chi connectivity index (χ2v) is 4.34. The van der Waals surface area contributed by atoms with Crippen molar-refractivity contribution < 1.29 is 4.79 Å². The molecular formula is C14H18N4O. The van der Waals surface area contributed by atoms with E-state index in [0.29, 0.717) is 13.1 Å².